The number of benzene rings is 2. The van der Waals surface area contributed by atoms with Gasteiger partial charge in [-0.25, -0.2) is 0 Å². The number of rotatable bonds is 6. The SMILES string of the molecule is CNC(=O)c1cc(Oc2ccc(NC(=O)c3nn(-c4cccc(C(F)(F)F)c4)c(=O)cc3C)cc2)ccn1. The summed E-state index contributed by atoms with van der Waals surface area (Å²) in [6.45, 7) is 1.50. The lowest BCUT2D eigenvalue weighted by atomic mass is 10.2. The van der Waals surface area contributed by atoms with E-state index in [0.29, 0.717) is 17.2 Å². The van der Waals surface area contributed by atoms with Crippen molar-refractivity contribution in [3.05, 3.63) is 106 Å². The third-order valence-corrected chi connectivity index (χ3v) is 5.29. The quantitative estimate of drug-likeness (QED) is 0.388. The number of amides is 2. The van der Waals surface area contributed by atoms with Crippen LogP contribution < -0.4 is 20.9 Å². The number of nitrogens with zero attached hydrogens (tertiary/aromatic N) is 3. The number of aryl methyl sites for hydroxylation is 1. The first kappa shape index (κ1) is 26.1. The average Bonchev–Trinajstić information content (AvgIpc) is 2.89. The molecule has 0 unspecified atom stereocenters. The van der Waals surface area contributed by atoms with E-state index in [1.165, 1.54) is 32.3 Å². The molecule has 0 bridgehead atoms. The molecule has 0 aliphatic carbocycles. The highest BCUT2D eigenvalue weighted by Gasteiger charge is 2.30. The van der Waals surface area contributed by atoms with Crippen LogP contribution in [-0.2, 0) is 6.18 Å². The van der Waals surface area contributed by atoms with E-state index in [2.05, 4.69) is 20.7 Å². The summed E-state index contributed by atoms with van der Waals surface area (Å²) in [6.07, 6.45) is -3.17. The van der Waals surface area contributed by atoms with E-state index >= 15 is 0 Å². The zero-order valence-electron chi connectivity index (χ0n) is 20.0. The van der Waals surface area contributed by atoms with Crippen LogP contribution in [0.5, 0.6) is 11.5 Å². The maximum Gasteiger partial charge on any atom is 0.416 e. The van der Waals surface area contributed by atoms with Gasteiger partial charge < -0.3 is 15.4 Å². The van der Waals surface area contributed by atoms with E-state index in [0.717, 1.165) is 28.9 Å². The molecule has 0 saturated heterocycles. The summed E-state index contributed by atoms with van der Waals surface area (Å²) >= 11 is 0. The minimum atomic E-state index is -4.61. The third-order valence-electron chi connectivity index (χ3n) is 5.29. The Bertz CT molecular complexity index is 1570. The number of anilines is 1. The van der Waals surface area contributed by atoms with Crippen LogP contribution in [-0.4, -0.2) is 33.6 Å². The highest BCUT2D eigenvalue weighted by molar-refractivity contribution is 6.03. The monoisotopic (exact) mass is 523 g/mol. The summed E-state index contributed by atoms with van der Waals surface area (Å²) in [4.78, 5) is 41.1. The van der Waals surface area contributed by atoms with Crippen LogP contribution in [0.1, 0.15) is 32.1 Å². The molecular weight excluding hydrogens is 503 g/mol. The van der Waals surface area contributed by atoms with Gasteiger partial charge in [-0.15, -0.1) is 0 Å². The smallest absolute Gasteiger partial charge is 0.416 e. The third kappa shape index (κ3) is 5.86. The Labute approximate surface area is 213 Å². The zero-order chi connectivity index (χ0) is 27.4. The molecule has 4 rings (SSSR count). The van der Waals surface area contributed by atoms with Crippen molar-refractivity contribution in [3.8, 4) is 17.2 Å². The van der Waals surface area contributed by atoms with Gasteiger partial charge in [0.05, 0.1) is 11.3 Å². The van der Waals surface area contributed by atoms with E-state index in [4.69, 9.17) is 4.74 Å². The van der Waals surface area contributed by atoms with Gasteiger partial charge >= 0.3 is 6.18 Å². The molecule has 0 spiro atoms. The minimum Gasteiger partial charge on any atom is -0.457 e. The number of carbonyl (C=O) groups excluding carboxylic acids is 2. The molecule has 0 aliphatic heterocycles. The number of nitrogens with one attached hydrogen (secondary N) is 2. The van der Waals surface area contributed by atoms with Crippen molar-refractivity contribution in [2.45, 2.75) is 13.1 Å². The van der Waals surface area contributed by atoms with E-state index in [1.807, 2.05) is 0 Å². The van der Waals surface area contributed by atoms with Crippen molar-refractivity contribution < 1.29 is 27.5 Å². The van der Waals surface area contributed by atoms with E-state index < -0.39 is 23.2 Å². The largest absolute Gasteiger partial charge is 0.457 e. The van der Waals surface area contributed by atoms with E-state index in [1.54, 1.807) is 30.3 Å². The van der Waals surface area contributed by atoms with Crippen LogP contribution in [0.4, 0.5) is 18.9 Å². The maximum absolute atomic E-state index is 13.1. The van der Waals surface area contributed by atoms with Gasteiger partial charge in [0, 0.05) is 31.1 Å². The predicted octanol–water partition coefficient (Wildman–Crippen LogP) is 4.36. The van der Waals surface area contributed by atoms with Crippen molar-refractivity contribution in [1.82, 2.24) is 20.1 Å². The van der Waals surface area contributed by atoms with E-state index in [9.17, 15) is 27.6 Å². The first-order valence-electron chi connectivity index (χ1n) is 11.1. The van der Waals surface area contributed by atoms with Gasteiger partial charge in [-0.05, 0) is 61.0 Å². The number of alkyl halides is 3. The maximum atomic E-state index is 13.1. The summed E-state index contributed by atoms with van der Waals surface area (Å²) < 4.78 is 45.8. The molecule has 4 aromatic rings. The molecule has 0 saturated carbocycles. The molecule has 0 fully saturated rings. The van der Waals surface area contributed by atoms with Crippen LogP contribution in [0.15, 0.2) is 77.7 Å². The first-order valence-corrected chi connectivity index (χ1v) is 11.1. The molecule has 194 valence electrons. The number of ether oxygens (including phenoxy) is 1. The van der Waals surface area contributed by atoms with Crippen molar-refractivity contribution in [2.24, 2.45) is 0 Å². The Kier molecular flexibility index (Phi) is 7.24. The highest BCUT2D eigenvalue weighted by Crippen LogP contribution is 2.30. The van der Waals surface area contributed by atoms with Crippen LogP contribution in [0.2, 0.25) is 0 Å². The fourth-order valence-corrected chi connectivity index (χ4v) is 3.43. The van der Waals surface area contributed by atoms with Crippen molar-refractivity contribution in [3.63, 3.8) is 0 Å². The molecule has 2 N–H and O–H groups in total. The molecule has 9 nitrogen and oxygen atoms in total. The van der Waals surface area contributed by atoms with Crippen molar-refractivity contribution in [1.29, 1.82) is 0 Å². The number of aromatic nitrogens is 3. The second kappa shape index (κ2) is 10.5. The van der Waals surface area contributed by atoms with Gasteiger partial charge in [-0.1, -0.05) is 6.07 Å². The average molecular weight is 523 g/mol. The lowest BCUT2D eigenvalue weighted by molar-refractivity contribution is -0.137. The second-order valence-electron chi connectivity index (χ2n) is 8.01. The Morgan fingerprint density at radius 3 is 2.37 bits per heavy atom. The minimum absolute atomic E-state index is 0.129. The topological polar surface area (TPSA) is 115 Å². The Balaban J connectivity index is 1.53. The van der Waals surface area contributed by atoms with E-state index in [-0.39, 0.29) is 28.5 Å². The van der Waals surface area contributed by atoms with Gasteiger partial charge in [-0.2, -0.15) is 23.0 Å². The number of hydrogen-bond acceptors (Lipinski definition) is 6. The standard InChI is InChI=1S/C26H20F3N5O4/c1-15-12-22(35)34(18-5-3-4-16(13-18)26(27,28)29)33-23(15)25(37)32-17-6-8-19(9-7-17)38-20-10-11-31-21(14-20)24(36)30-2/h3-14H,1-2H3,(H,30,36)(H,32,37). The summed E-state index contributed by atoms with van der Waals surface area (Å²) in [5.74, 6) is -0.227. The summed E-state index contributed by atoms with van der Waals surface area (Å²) in [6, 6.07) is 14.6. The van der Waals surface area contributed by atoms with Crippen LogP contribution in [0.25, 0.3) is 5.69 Å². The van der Waals surface area contributed by atoms with Crippen LogP contribution in [0.3, 0.4) is 0 Å². The van der Waals surface area contributed by atoms with Gasteiger partial charge in [0.15, 0.2) is 5.69 Å². The molecule has 0 aliphatic rings. The fourth-order valence-electron chi connectivity index (χ4n) is 3.43. The van der Waals surface area contributed by atoms with Gasteiger partial charge in [0.25, 0.3) is 17.4 Å². The number of hydrogen-bond donors (Lipinski definition) is 2. The lowest BCUT2D eigenvalue weighted by Gasteiger charge is -2.12. The lowest BCUT2D eigenvalue weighted by Crippen LogP contribution is -2.27. The van der Waals surface area contributed by atoms with Crippen LogP contribution >= 0.6 is 0 Å². The molecule has 12 heteroatoms. The molecule has 2 amide bonds. The molecule has 2 heterocycles. The normalized spacial score (nSPS) is 11.1. The summed E-state index contributed by atoms with van der Waals surface area (Å²) in [5, 5.41) is 9.14. The molecule has 0 radical (unpaired) electrons. The number of pyridine rings is 1. The van der Waals surface area contributed by atoms with Crippen molar-refractivity contribution >= 4 is 17.5 Å². The van der Waals surface area contributed by atoms with Gasteiger partial charge in [-0.3, -0.25) is 19.4 Å². The Hall–Kier alpha value is -5.00. The Morgan fingerprint density at radius 1 is 0.947 bits per heavy atom. The Morgan fingerprint density at radius 2 is 1.68 bits per heavy atom. The molecular formula is C26H20F3N5O4. The fraction of sp³-hybridized carbons (Fsp3) is 0.115. The van der Waals surface area contributed by atoms with Crippen molar-refractivity contribution in [2.75, 3.05) is 12.4 Å². The molecule has 0 atom stereocenters. The highest BCUT2D eigenvalue weighted by atomic mass is 19.4. The first-order chi connectivity index (χ1) is 18.0. The van der Waals surface area contributed by atoms with Gasteiger partial charge in [0.1, 0.15) is 17.2 Å². The number of carbonyl (C=O) groups is 2. The summed E-state index contributed by atoms with van der Waals surface area (Å²) in [7, 11) is 1.49. The molecule has 2 aromatic heterocycles. The molecule has 2 aromatic carbocycles. The molecule has 38 heavy (non-hydrogen) atoms. The van der Waals surface area contributed by atoms with Crippen LogP contribution in [0, 0.1) is 6.92 Å². The predicted molar refractivity (Wildman–Crippen MR) is 132 cm³/mol. The van der Waals surface area contributed by atoms with Gasteiger partial charge in [0.2, 0.25) is 0 Å². The number of halogens is 3. The second-order valence-corrected chi connectivity index (χ2v) is 8.01. The zero-order valence-corrected chi connectivity index (χ0v) is 20.0. The summed E-state index contributed by atoms with van der Waals surface area (Å²) in [5.41, 5.74) is -1.09.